The summed E-state index contributed by atoms with van der Waals surface area (Å²) in [4.78, 5) is 17.2. The van der Waals surface area contributed by atoms with Gasteiger partial charge in [0, 0.05) is 61.7 Å². The van der Waals surface area contributed by atoms with Crippen molar-refractivity contribution in [2.24, 2.45) is 7.05 Å². The number of aromatic nitrogens is 1. The third kappa shape index (κ3) is 3.09. The van der Waals surface area contributed by atoms with Gasteiger partial charge >= 0.3 is 0 Å². The predicted molar refractivity (Wildman–Crippen MR) is 108 cm³/mol. The molecule has 1 aromatic heterocycles. The summed E-state index contributed by atoms with van der Waals surface area (Å²) in [5.74, 6) is 0.925. The highest BCUT2D eigenvalue weighted by atomic mass is 16.5. The first-order valence-corrected chi connectivity index (χ1v) is 9.67. The van der Waals surface area contributed by atoms with E-state index in [2.05, 4.69) is 35.0 Å². The molecule has 0 N–H and O–H groups in total. The van der Waals surface area contributed by atoms with Crippen LogP contribution in [0.5, 0.6) is 5.75 Å². The fourth-order valence-corrected chi connectivity index (χ4v) is 4.67. The van der Waals surface area contributed by atoms with Gasteiger partial charge in [-0.3, -0.25) is 9.69 Å². The standard InChI is InChI=1S/C22H29N3O2/c1-14-15(2)22(26)24(4)13-20(14)16-6-7-17(21(8-16)27-5)10-25-12-18-9-19(25)11-23(18)3/h6-8,13,18-19H,9-12H2,1-5H3. The Morgan fingerprint density at radius 2 is 1.89 bits per heavy atom. The number of rotatable bonds is 4. The molecule has 5 nitrogen and oxygen atoms in total. The molecule has 1 aromatic carbocycles. The maximum Gasteiger partial charge on any atom is 0.253 e. The number of piperazine rings is 1. The minimum absolute atomic E-state index is 0.0638. The molecule has 2 bridgehead atoms. The number of likely N-dealkylation sites (N-methyl/N-ethyl adjacent to an activating group) is 1. The van der Waals surface area contributed by atoms with Crippen LogP contribution in [-0.2, 0) is 13.6 Å². The summed E-state index contributed by atoms with van der Waals surface area (Å²) in [7, 11) is 5.78. The van der Waals surface area contributed by atoms with E-state index in [1.54, 1.807) is 11.7 Å². The molecule has 2 fully saturated rings. The molecule has 2 unspecified atom stereocenters. The van der Waals surface area contributed by atoms with Crippen LogP contribution in [-0.4, -0.2) is 53.7 Å². The Kier molecular flexibility index (Phi) is 4.60. The summed E-state index contributed by atoms with van der Waals surface area (Å²) in [5.41, 5.74) is 5.31. The lowest BCUT2D eigenvalue weighted by molar-refractivity contribution is 0.142. The number of likely N-dealkylation sites (tertiary alicyclic amines) is 2. The first-order chi connectivity index (χ1) is 12.9. The van der Waals surface area contributed by atoms with E-state index in [-0.39, 0.29) is 5.56 Å². The molecular formula is C22H29N3O2. The molecular weight excluding hydrogens is 338 g/mol. The molecule has 5 heteroatoms. The van der Waals surface area contributed by atoms with E-state index in [1.807, 2.05) is 27.1 Å². The molecule has 4 rings (SSSR count). The monoisotopic (exact) mass is 367 g/mol. The Hall–Kier alpha value is -2.11. The molecule has 2 aliphatic heterocycles. The molecule has 2 aromatic rings. The number of fused-ring (bicyclic) bond motifs is 2. The van der Waals surface area contributed by atoms with Crippen LogP contribution in [0.15, 0.2) is 29.2 Å². The Morgan fingerprint density at radius 1 is 1.11 bits per heavy atom. The summed E-state index contributed by atoms with van der Waals surface area (Å²) < 4.78 is 7.40. The maximum atomic E-state index is 12.2. The van der Waals surface area contributed by atoms with Gasteiger partial charge < -0.3 is 14.2 Å². The van der Waals surface area contributed by atoms with Crippen LogP contribution >= 0.6 is 0 Å². The number of pyridine rings is 1. The van der Waals surface area contributed by atoms with Gasteiger partial charge in [0.05, 0.1) is 7.11 Å². The summed E-state index contributed by atoms with van der Waals surface area (Å²) in [6, 6.07) is 7.82. The van der Waals surface area contributed by atoms with E-state index >= 15 is 0 Å². The fraction of sp³-hybridized carbons (Fsp3) is 0.500. The van der Waals surface area contributed by atoms with Gasteiger partial charge in [-0.2, -0.15) is 0 Å². The third-order valence-corrected chi connectivity index (χ3v) is 6.53. The Labute approximate surface area is 161 Å². The number of benzene rings is 1. The van der Waals surface area contributed by atoms with Crippen LogP contribution in [0.1, 0.15) is 23.1 Å². The lowest BCUT2D eigenvalue weighted by atomic mass is 9.98. The average Bonchev–Trinajstić information content (AvgIpc) is 3.22. The Bertz CT molecular complexity index is 932. The molecule has 27 heavy (non-hydrogen) atoms. The van der Waals surface area contributed by atoms with E-state index in [0.717, 1.165) is 41.1 Å². The zero-order valence-electron chi connectivity index (χ0n) is 17.0. The van der Waals surface area contributed by atoms with Gasteiger partial charge in [0.25, 0.3) is 5.56 Å². The number of hydrogen-bond acceptors (Lipinski definition) is 4. The fourth-order valence-electron chi connectivity index (χ4n) is 4.67. The lowest BCUT2D eigenvalue weighted by Gasteiger charge is -2.32. The van der Waals surface area contributed by atoms with Gasteiger partial charge in [-0.1, -0.05) is 12.1 Å². The van der Waals surface area contributed by atoms with Crippen molar-refractivity contribution in [3.63, 3.8) is 0 Å². The van der Waals surface area contributed by atoms with E-state index in [4.69, 9.17) is 4.74 Å². The highest BCUT2D eigenvalue weighted by Gasteiger charge is 2.41. The number of nitrogens with zero attached hydrogens (tertiary/aromatic N) is 3. The van der Waals surface area contributed by atoms with E-state index in [1.165, 1.54) is 18.5 Å². The van der Waals surface area contributed by atoms with Crippen molar-refractivity contribution < 1.29 is 4.74 Å². The van der Waals surface area contributed by atoms with Crippen LogP contribution in [0.25, 0.3) is 11.1 Å². The van der Waals surface area contributed by atoms with Crippen molar-refractivity contribution in [1.82, 2.24) is 14.4 Å². The molecule has 0 amide bonds. The summed E-state index contributed by atoms with van der Waals surface area (Å²) in [6.45, 7) is 7.16. The van der Waals surface area contributed by atoms with Crippen LogP contribution in [0.4, 0.5) is 0 Å². The zero-order chi connectivity index (χ0) is 19.3. The van der Waals surface area contributed by atoms with Gasteiger partial charge in [-0.15, -0.1) is 0 Å². The van der Waals surface area contributed by atoms with Gasteiger partial charge in [0.1, 0.15) is 5.75 Å². The molecule has 3 heterocycles. The second kappa shape index (κ2) is 6.80. The van der Waals surface area contributed by atoms with E-state index in [0.29, 0.717) is 12.1 Å². The van der Waals surface area contributed by atoms with Crippen molar-refractivity contribution in [2.45, 2.75) is 38.9 Å². The summed E-state index contributed by atoms with van der Waals surface area (Å²) in [5, 5.41) is 0. The SMILES string of the molecule is COc1cc(-c2cn(C)c(=O)c(C)c2C)ccc1CN1CC2CC1CN2C. The zero-order valence-corrected chi connectivity index (χ0v) is 17.0. The Balaban J connectivity index is 1.64. The van der Waals surface area contributed by atoms with Gasteiger partial charge in [-0.25, -0.2) is 0 Å². The van der Waals surface area contributed by atoms with Crippen molar-refractivity contribution in [1.29, 1.82) is 0 Å². The largest absolute Gasteiger partial charge is 0.496 e. The van der Waals surface area contributed by atoms with Crippen molar-refractivity contribution in [3.05, 3.63) is 51.4 Å². The highest BCUT2D eigenvalue weighted by molar-refractivity contribution is 5.69. The number of aryl methyl sites for hydroxylation is 1. The van der Waals surface area contributed by atoms with Crippen molar-refractivity contribution in [3.8, 4) is 16.9 Å². The minimum atomic E-state index is 0.0638. The quantitative estimate of drug-likeness (QED) is 0.832. The summed E-state index contributed by atoms with van der Waals surface area (Å²) >= 11 is 0. The van der Waals surface area contributed by atoms with E-state index < -0.39 is 0 Å². The normalized spacial score (nSPS) is 22.6. The minimum Gasteiger partial charge on any atom is -0.496 e. The van der Waals surface area contributed by atoms with Crippen LogP contribution < -0.4 is 10.3 Å². The number of hydrogen-bond donors (Lipinski definition) is 0. The maximum absolute atomic E-state index is 12.2. The van der Waals surface area contributed by atoms with Crippen LogP contribution in [0.2, 0.25) is 0 Å². The molecule has 0 spiro atoms. The predicted octanol–water partition coefficient (Wildman–Crippen LogP) is 2.57. The first kappa shape index (κ1) is 18.3. The second-order valence-corrected chi connectivity index (χ2v) is 8.15. The third-order valence-electron chi connectivity index (χ3n) is 6.53. The number of ether oxygens (including phenoxy) is 1. The molecule has 2 saturated heterocycles. The van der Waals surface area contributed by atoms with Gasteiger partial charge in [0.2, 0.25) is 0 Å². The second-order valence-electron chi connectivity index (χ2n) is 8.15. The van der Waals surface area contributed by atoms with E-state index in [9.17, 15) is 4.79 Å². The van der Waals surface area contributed by atoms with Crippen molar-refractivity contribution in [2.75, 3.05) is 27.2 Å². The smallest absolute Gasteiger partial charge is 0.253 e. The molecule has 0 aliphatic carbocycles. The van der Waals surface area contributed by atoms with Gasteiger partial charge in [0.15, 0.2) is 0 Å². The molecule has 2 atom stereocenters. The molecule has 2 aliphatic rings. The Morgan fingerprint density at radius 3 is 2.52 bits per heavy atom. The molecule has 0 radical (unpaired) electrons. The molecule has 144 valence electrons. The van der Waals surface area contributed by atoms with Crippen LogP contribution in [0, 0.1) is 13.8 Å². The molecule has 0 saturated carbocycles. The highest BCUT2D eigenvalue weighted by Crippen LogP contribution is 2.34. The summed E-state index contributed by atoms with van der Waals surface area (Å²) in [6.07, 6.45) is 3.21. The average molecular weight is 367 g/mol. The van der Waals surface area contributed by atoms with Gasteiger partial charge in [-0.05, 0) is 44.5 Å². The number of methoxy groups -OCH3 is 1. The first-order valence-electron chi connectivity index (χ1n) is 9.67. The van der Waals surface area contributed by atoms with Crippen LogP contribution in [0.3, 0.4) is 0 Å². The topological polar surface area (TPSA) is 37.7 Å². The van der Waals surface area contributed by atoms with Crippen molar-refractivity contribution >= 4 is 0 Å². The lowest BCUT2D eigenvalue weighted by Crippen LogP contribution is -2.43.